The number of aromatic hydroxyl groups is 1. The first-order valence-electron chi connectivity index (χ1n) is 9.60. The number of hydrogen-bond donors (Lipinski definition) is 1. The van der Waals surface area contributed by atoms with Crippen LogP contribution in [0.2, 0.25) is 10.0 Å². The Bertz CT molecular complexity index is 1120. The molecule has 0 atom stereocenters. The highest BCUT2D eigenvalue weighted by atomic mass is 35.5. The molecule has 6 nitrogen and oxygen atoms in total. The fourth-order valence-corrected chi connectivity index (χ4v) is 3.45. The van der Waals surface area contributed by atoms with Gasteiger partial charge in [-0.15, -0.1) is 0 Å². The zero-order valence-electron chi connectivity index (χ0n) is 16.7. The molecule has 0 aliphatic rings. The normalized spacial score (nSPS) is 10.9. The Kier molecular flexibility index (Phi) is 6.90. The Morgan fingerprint density at radius 3 is 2.40 bits per heavy atom. The lowest BCUT2D eigenvalue weighted by atomic mass is 10.1. The van der Waals surface area contributed by atoms with E-state index in [9.17, 15) is 14.7 Å². The minimum Gasteiger partial charge on any atom is -0.493 e. The summed E-state index contributed by atoms with van der Waals surface area (Å²) in [6, 6.07) is 11.3. The van der Waals surface area contributed by atoms with Crippen LogP contribution in [0.4, 0.5) is 0 Å². The second-order valence-corrected chi connectivity index (χ2v) is 7.72. The minimum atomic E-state index is -0.438. The van der Waals surface area contributed by atoms with Gasteiger partial charge in [-0.25, -0.2) is 9.36 Å². The lowest BCUT2D eigenvalue weighted by Gasteiger charge is -2.07. The van der Waals surface area contributed by atoms with Crippen molar-refractivity contribution < 1.29 is 14.6 Å². The van der Waals surface area contributed by atoms with Gasteiger partial charge in [-0.2, -0.15) is 0 Å². The van der Waals surface area contributed by atoms with Crippen molar-refractivity contribution in [1.82, 2.24) is 9.13 Å². The Morgan fingerprint density at radius 1 is 1.07 bits per heavy atom. The van der Waals surface area contributed by atoms with Gasteiger partial charge < -0.3 is 9.84 Å². The number of ether oxygens (including phenoxy) is 1. The van der Waals surface area contributed by atoms with Gasteiger partial charge in [0, 0.05) is 19.0 Å². The number of nitrogens with zero attached hydrogens (tertiary/aromatic N) is 2. The van der Waals surface area contributed by atoms with Gasteiger partial charge in [-0.05, 0) is 48.9 Å². The predicted molar refractivity (Wildman–Crippen MR) is 118 cm³/mol. The maximum atomic E-state index is 12.7. The molecule has 0 radical (unpaired) electrons. The number of rotatable bonds is 7. The topological polar surface area (TPSA) is 73.5 Å². The van der Waals surface area contributed by atoms with Gasteiger partial charge >= 0.3 is 11.7 Å². The van der Waals surface area contributed by atoms with Crippen LogP contribution in [0.3, 0.4) is 0 Å². The van der Waals surface area contributed by atoms with E-state index in [0.717, 1.165) is 23.8 Å². The highest BCUT2D eigenvalue weighted by Crippen LogP contribution is 2.32. The van der Waals surface area contributed by atoms with Crippen molar-refractivity contribution in [2.45, 2.75) is 32.6 Å². The minimum absolute atomic E-state index is 0.231. The summed E-state index contributed by atoms with van der Waals surface area (Å²) >= 11 is 12.0. The van der Waals surface area contributed by atoms with Gasteiger partial charge in [0.15, 0.2) is 0 Å². The van der Waals surface area contributed by atoms with Crippen LogP contribution in [-0.2, 0) is 11.8 Å². The van der Waals surface area contributed by atoms with Gasteiger partial charge in [0.2, 0.25) is 5.88 Å². The number of imidazole rings is 1. The Morgan fingerprint density at radius 2 is 1.77 bits per heavy atom. The fraction of sp³-hybridized carbons (Fsp3) is 0.273. The first-order chi connectivity index (χ1) is 14.3. The van der Waals surface area contributed by atoms with Crippen LogP contribution in [0.5, 0.6) is 11.6 Å². The van der Waals surface area contributed by atoms with E-state index in [2.05, 4.69) is 6.92 Å². The smallest absolute Gasteiger partial charge is 0.335 e. The molecule has 3 rings (SSSR count). The van der Waals surface area contributed by atoms with E-state index in [1.54, 1.807) is 43.4 Å². The van der Waals surface area contributed by atoms with Gasteiger partial charge in [0.1, 0.15) is 11.4 Å². The van der Waals surface area contributed by atoms with Gasteiger partial charge in [-0.3, -0.25) is 9.36 Å². The predicted octanol–water partition coefficient (Wildman–Crippen LogP) is 5.34. The van der Waals surface area contributed by atoms with Crippen LogP contribution in [0.1, 0.15) is 32.6 Å². The van der Waals surface area contributed by atoms with Crippen LogP contribution in [0.25, 0.3) is 16.9 Å². The monoisotopic (exact) mass is 448 g/mol. The molecule has 1 aromatic heterocycles. The Balaban J connectivity index is 1.89. The molecule has 0 aliphatic carbocycles. The number of unbranched alkanes of at least 4 members (excludes halogenated alkanes) is 2. The second-order valence-electron chi connectivity index (χ2n) is 6.90. The van der Waals surface area contributed by atoms with Crippen LogP contribution in [0, 0.1) is 0 Å². The summed E-state index contributed by atoms with van der Waals surface area (Å²) < 4.78 is 7.82. The van der Waals surface area contributed by atoms with E-state index < -0.39 is 5.69 Å². The summed E-state index contributed by atoms with van der Waals surface area (Å²) in [5.74, 6) is -0.101. The molecule has 2 aromatic carbocycles. The summed E-state index contributed by atoms with van der Waals surface area (Å²) in [6.45, 7) is 2.07. The second kappa shape index (κ2) is 9.41. The molecule has 1 heterocycles. The van der Waals surface area contributed by atoms with E-state index in [1.165, 1.54) is 10.6 Å². The molecule has 0 fully saturated rings. The Labute approximate surface area is 184 Å². The number of halogens is 2. The van der Waals surface area contributed by atoms with Crippen LogP contribution >= 0.6 is 23.2 Å². The SMILES string of the molecule is CCCCCC(=O)Oc1ccc(-c2c(O)n(-c3ccc(Cl)c(Cl)c3)c(=O)n2C)cc1. The van der Waals surface area contributed by atoms with Crippen molar-refractivity contribution in [3.8, 4) is 28.6 Å². The maximum absolute atomic E-state index is 12.7. The van der Waals surface area contributed by atoms with Crippen molar-refractivity contribution in [2.24, 2.45) is 7.05 Å². The molecular formula is C22H22Cl2N2O4. The van der Waals surface area contributed by atoms with E-state index in [0.29, 0.717) is 34.1 Å². The first kappa shape index (κ1) is 22.0. The van der Waals surface area contributed by atoms with E-state index >= 15 is 0 Å². The average molecular weight is 449 g/mol. The quantitative estimate of drug-likeness (QED) is 0.300. The molecule has 0 saturated heterocycles. The number of benzene rings is 2. The lowest BCUT2D eigenvalue weighted by molar-refractivity contribution is -0.134. The molecule has 0 aliphatic heterocycles. The van der Waals surface area contributed by atoms with Gasteiger partial charge in [0.05, 0.1) is 15.7 Å². The lowest BCUT2D eigenvalue weighted by Crippen LogP contribution is -2.21. The van der Waals surface area contributed by atoms with Gasteiger partial charge in [0.25, 0.3) is 0 Å². The molecule has 1 N–H and O–H groups in total. The average Bonchev–Trinajstić information content (AvgIpc) is 2.94. The third kappa shape index (κ3) is 4.55. The molecule has 0 bridgehead atoms. The molecule has 3 aromatic rings. The third-order valence-electron chi connectivity index (χ3n) is 4.74. The number of carbonyl (C=O) groups excluding carboxylic acids is 1. The summed E-state index contributed by atoms with van der Waals surface area (Å²) in [6.07, 6.45) is 3.19. The largest absolute Gasteiger partial charge is 0.493 e. The zero-order valence-corrected chi connectivity index (χ0v) is 18.2. The number of esters is 1. The van der Waals surface area contributed by atoms with Crippen LogP contribution in [0.15, 0.2) is 47.3 Å². The molecule has 158 valence electrons. The molecule has 30 heavy (non-hydrogen) atoms. The molecule has 8 heteroatoms. The van der Waals surface area contributed by atoms with E-state index in [1.807, 2.05) is 0 Å². The van der Waals surface area contributed by atoms with Crippen molar-refractivity contribution in [1.29, 1.82) is 0 Å². The van der Waals surface area contributed by atoms with Crippen LogP contribution in [-0.4, -0.2) is 20.2 Å². The summed E-state index contributed by atoms with van der Waals surface area (Å²) in [4.78, 5) is 24.6. The first-order valence-corrected chi connectivity index (χ1v) is 10.4. The van der Waals surface area contributed by atoms with Crippen LogP contribution < -0.4 is 10.4 Å². The Hall–Kier alpha value is -2.70. The fourth-order valence-electron chi connectivity index (χ4n) is 3.15. The van der Waals surface area contributed by atoms with Gasteiger partial charge in [-0.1, -0.05) is 43.0 Å². The summed E-state index contributed by atoms with van der Waals surface area (Å²) in [5, 5.41) is 11.4. The highest BCUT2D eigenvalue weighted by Gasteiger charge is 2.20. The van der Waals surface area contributed by atoms with Crippen molar-refractivity contribution in [3.05, 3.63) is 63.0 Å². The number of aromatic nitrogens is 2. The van der Waals surface area contributed by atoms with E-state index in [-0.39, 0.29) is 16.9 Å². The zero-order chi connectivity index (χ0) is 21.8. The summed E-state index contributed by atoms with van der Waals surface area (Å²) in [5.41, 5.74) is 0.877. The third-order valence-corrected chi connectivity index (χ3v) is 5.48. The maximum Gasteiger partial charge on any atom is 0.335 e. The van der Waals surface area contributed by atoms with Crippen molar-refractivity contribution in [3.63, 3.8) is 0 Å². The molecule has 0 saturated carbocycles. The molecule has 0 spiro atoms. The number of carbonyl (C=O) groups is 1. The van der Waals surface area contributed by atoms with Crippen molar-refractivity contribution in [2.75, 3.05) is 0 Å². The molecule has 0 unspecified atom stereocenters. The standard InChI is InChI=1S/C22H22Cl2N2O4/c1-3-4-5-6-19(27)30-16-10-7-14(8-11-16)20-21(28)26(22(29)25(20)2)15-9-12-17(23)18(24)13-15/h7-13,28H,3-6H2,1-2H3. The molecule has 0 amide bonds. The molecular weight excluding hydrogens is 427 g/mol. The van der Waals surface area contributed by atoms with E-state index in [4.69, 9.17) is 27.9 Å². The number of hydrogen-bond acceptors (Lipinski definition) is 4. The summed E-state index contributed by atoms with van der Waals surface area (Å²) in [7, 11) is 1.56. The highest BCUT2D eigenvalue weighted by molar-refractivity contribution is 6.42. The van der Waals surface area contributed by atoms with Crippen molar-refractivity contribution >= 4 is 29.2 Å².